The van der Waals surface area contributed by atoms with Gasteiger partial charge in [-0.05, 0) is 24.3 Å². The quantitative estimate of drug-likeness (QED) is 0.768. The van der Waals surface area contributed by atoms with Crippen molar-refractivity contribution in [3.8, 4) is 16.3 Å². The van der Waals surface area contributed by atoms with Gasteiger partial charge in [0.1, 0.15) is 5.75 Å². The molecule has 1 aromatic carbocycles. The first-order valence-electron chi connectivity index (χ1n) is 5.39. The molecule has 0 spiro atoms. The molecule has 0 aliphatic rings. The molecule has 0 aliphatic carbocycles. The molecule has 0 radical (unpaired) electrons. The van der Waals surface area contributed by atoms with Crippen molar-refractivity contribution in [2.75, 3.05) is 7.11 Å². The fraction of sp³-hybridized carbons (Fsp3) is 0.0769. The number of fused-ring (bicyclic) bond motifs is 1. The molecule has 1 N–H and O–H groups in total. The van der Waals surface area contributed by atoms with Gasteiger partial charge in [0.05, 0.1) is 17.7 Å². The first kappa shape index (κ1) is 11.0. The summed E-state index contributed by atoms with van der Waals surface area (Å²) in [5.41, 5.74) is 0.859. The van der Waals surface area contributed by atoms with E-state index in [-0.39, 0.29) is 5.43 Å². The lowest BCUT2D eigenvalue weighted by Gasteiger charge is -2.03. The van der Waals surface area contributed by atoms with E-state index in [1.165, 1.54) is 11.3 Å². The van der Waals surface area contributed by atoms with Crippen LogP contribution in [0.5, 0.6) is 5.75 Å². The molecule has 0 atom stereocenters. The maximum absolute atomic E-state index is 12.0. The van der Waals surface area contributed by atoms with Gasteiger partial charge in [0.25, 0.3) is 0 Å². The van der Waals surface area contributed by atoms with Crippen molar-refractivity contribution in [3.63, 3.8) is 0 Å². The highest BCUT2D eigenvalue weighted by Gasteiger charge is 2.06. The van der Waals surface area contributed by atoms with Gasteiger partial charge >= 0.3 is 0 Å². The van der Waals surface area contributed by atoms with Gasteiger partial charge in [-0.15, -0.1) is 11.3 Å². The second kappa shape index (κ2) is 4.27. The Labute approximate surface area is 107 Å². The minimum absolute atomic E-state index is 0.0102. The molecule has 0 bridgehead atoms. The summed E-state index contributed by atoms with van der Waals surface area (Å²) in [7, 11) is 1.61. The molecule has 3 aromatic rings. The van der Waals surface area contributed by atoms with E-state index in [9.17, 15) is 4.79 Å². The summed E-state index contributed by atoms with van der Waals surface area (Å²) in [6, 6.07) is 8.95. The number of hydrogen-bond donors (Lipinski definition) is 1. The van der Waals surface area contributed by atoms with Crippen molar-refractivity contribution in [2.45, 2.75) is 0 Å². The largest absolute Gasteiger partial charge is 0.497 e. The molecule has 0 fully saturated rings. The fourth-order valence-electron chi connectivity index (χ4n) is 1.79. The second-order valence-electron chi connectivity index (χ2n) is 3.81. The third-order valence-electron chi connectivity index (χ3n) is 2.70. The normalized spacial score (nSPS) is 10.7. The summed E-state index contributed by atoms with van der Waals surface area (Å²) < 4.78 is 6.09. The standard InChI is InChI=1S/C13H10N2O2S/c1-17-8-2-3-9-11(16)7-13(18-12(9)6-8)10-4-5-14-15-10/h2-7H,1H3,(H,14,15). The Morgan fingerprint density at radius 3 is 2.89 bits per heavy atom. The van der Waals surface area contributed by atoms with Crippen molar-refractivity contribution < 1.29 is 4.74 Å². The Kier molecular flexibility index (Phi) is 2.60. The molecular weight excluding hydrogens is 248 g/mol. The van der Waals surface area contributed by atoms with Gasteiger partial charge in [-0.25, -0.2) is 0 Å². The third kappa shape index (κ3) is 1.78. The first-order chi connectivity index (χ1) is 8.78. The molecule has 0 saturated carbocycles. The van der Waals surface area contributed by atoms with E-state index in [1.807, 2.05) is 12.1 Å². The van der Waals surface area contributed by atoms with E-state index in [1.54, 1.807) is 31.5 Å². The predicted octanol–water partition coefficient (Wildman–Crippen LogP) is 2.66. The zero-order valence-electron chi connectivity index (χ0n) is 9.64. The number of hydrogen-bond acceptors (Lipinski definition) is 4. The van der Waals surface area contributed by atoms with Gasteiger partial charge < -0.3 is 4.74 Å². The zero-order chi connectivity index (χ0) is 12.5. The van der Waals surface area contributed by atoms with Gasteiger partial charge in [-0.2, -0.15) is 5.10 Å². The van der Waals surface area contributed by atoms with Crippen LogP contribution in [0.2, 0.25) is 0 Å². The lowest BCUT2D eigenvalue weighted by atomic mass is 10.2. The van der Waals surface area contributed by atoms with Crippen molar-refractivity contribution in [1.29, 1.82) is 0 Å². The van der Waals surface area contributed by atoms with E-state index < -0.39 is 0 Å². The highest BCUT2D eigenvalue weighted by molar-refractivity contribution is 7.21. The van der Waals surface area contributed by atoms with Crippen LogP contribution < -0.4 is 10.2 Å². The molecule has 5 heteroatoms. The summed E-state index contributed by atoms with van der Waals surface area (Å²) in [4.78, 5) is 12.9. The number of aromatic amines is 1. The molecular formula is C13H10N2O2S. The van der Waals surface area contributed by atoms with Crippen LogP contribution >= 0.6 is 11.3 Å². The Balaban J connectivity index is 2.28. The number of benzene rings is 1. The number of ether oxygens (including phenoxy) is 1. The number of nitrogens with zero attached hydrogens (tertiary/aromatic N) is 1. The average Bonchev–Trinajstić information content (AvgIpc) is 2.91. The number of H-pyrrole nitrogens is 1. The van der Waals surface area contributed by atoms with Crippen molar-refractivity contribution in [3.05, 3.63) is 46.8 Å². The summed E-state index contributed by atoms with van der Waals surface area (Å²) in [6.07, 6.45) is 1.67. The van der Waals surface area contributed by atoms with E-state index in [0.717, 1.165) is 21.0 Å². The molecule has 0 aliphatic heterocycles. The molecule has 0 saturated heterocycles. The number of rotatable bonds is 2. The average molecular weight is 258 g/mol. The topological polar surface area (TPSA) is 55.0 Å². The summed E-state index contributed by atoms with van der Waals surface area (Å²) >= 11 is 1.54. The van der Waals surface area contributed by atoms with Crippen molar-refractivity contribution in [1.82, 2.24) is 10.2 Å². The Hall–Kier alpha value is -2.14. The van der Waals surface area contributed by atoms with Gasteiger partial charge in [-0.3, -0.25) is 9.89 Å². The monoisotopic (exact) mass is 258 g/mol. The molecule has 3 rings (SSSR count). The molecule has 18 heavy (non-hydrogen) atoms. The Morgan fingerprint density at radius 1 is 1.28 bits per heavy atom. The molecule has 2 aromatic heterocycles. The highest BCUT2D eigenvalue weighted by atomic mass is 32.1. The van der Waals surface area contributed by atoms with Gasteiger partial charge in [0, 0.05) is 22.3 Å². The first-order valence-corrected chi connectivity index (χ1v) is 6.21. The molecule has 2 heterocycles. The molecule has 90 valence electrons. The smallest absolute Gasteiger partial charge is 0.188 e. The van der Waals surface area contributed by atoms with Crippen LogP contribution in [0.1, 0.15) is 0 Å². The van der Waals surface area contributed by atoms with Crippen LogP contribution in [0.25, 0.3) is 20.7 Å². The number of methoxy groups -OCH3 is 1. The SMILES string of the molecule is COc1ccc2c(=O)cc(-c3ccn[nH]3)sc2c1. The third-order valence-corrected chi connectivity index (χ3v) is 3.82. The van der Waals surface area contributed by atoms with Crippen LogP contribution in [0.4, 0.5) is 0 Å². The number of nitrogens with one attached hydrogen (secondary N) is 1. The Morgan fingerprint density at radius 2 is 2.17 bits per heavy atom. The summed E-state index contributed by atoms with van der Waals surface area (Å²) in [5.74, 6) is 0.750. The maximum Gasteiger partial charge on any atom is 0.188 e. The lowest BCUT2D eigenvalue weighted by molar-refractivity contribution is 0.415. The van der Waals surface area contributed by atoms with Crippen LogP contribution in [-0.4, -0.2) is 17.3 Å². The molecule has 0 amide bonds. The van der Waals surface area contributed by atoms with Crippen LogP contribution in [-0.2, 0) is 0 Å². The zero-order valence-corrected chi connectivity index (χ0v) is 10.5. The highest BCUT2D eigenvalue weighted by Crippen LogP contribution is 2.28. The van der Waals surface area contributed by atoms with E-state index >= 15 is 0 Å². The second-order valence-corrected chi connectivity index (χ2v) is 4.89. The van der Waals surface area contributed by atoms with Crippen LogP contribution in [0, 0.1) is 0 Å². The van der Waals surface area contributed by atoms with E-state index in [0.29, 0.717) is 5.39 Å². The summed E-state index contributed by atoms with van der Waals surface area (Å²) in [6.45, 7) is 0. The Bertz CT molecular complexity index is 747. The van der Waals surface area contributed by atoms with Crippen molar-refractivity contribution in [2.24, 2.45) is 0 Å². The number of aromatic nitrogens is 2. The van der Waals surface area contributed by atoms with E-state index in [4.69, 9.17) is 4.74 Å². The summed E-state index contributed by atoms with van der Waals surface area (Å²) in [5, 5.41) is 7.47. The molecule has 0 unspecified atom stereocenters. The van der Waals surface area contributed by atoms with Crippen LogP contribution in [0.15, 0.2) is 41.3 Å². The van der Waals surface area contributed by atoms with E-state index in [2.05, 4.69) is 10.2 Å². The maximum atomic E-state index is 12.0. The minimum atomic E-state index is 0.0102. The van der Waals surface area contributed by atoms with Crippen molar-refractivity contribution >= 4 is 21.4 Å². The van der Waals surface area contributed by atoms with Crippen LogP contribution in [0.3, 0.4) is 0 Å². The van der Waals surface area contributed by atoms with Gasteiger partial charge in [0.2, 0.25) is 0 Å². The molecule has 4 nitrogen and oxygen atoms in total. The fourth-order valence-corrected chi connectivity index (χ4v) is 2.87. The lowest BCUT2D eigenvalue weighted by Crippen LogP contribution is -1.99. The van der Waals surface area contributed by atoms with Gasteiger partial charge in [0.15, 0.2) is 5.43 Å². The predicted molar refractivity (Wildman–Crippen MR) is 72.2 cm³/mol. The van der Waals surface area contributed by atoms with Gasteiger partial charge in [-0.1, -0.05) is 0 Å². The minimum Gasteiger partial charge on any atom is -0.497 e.